The molecular weight excluding hydrogens is 314 g/mol. The Hall–Kier alpha value is -2.04. The van der Waals surface area contributed by atoms with Gasteiger partial charge in [-0.3, -0.25) is 0 Å². The summed E-state index contributed by atoms with van der Waals surface area (Å²) in [5, 5.41) is 13.4. The first-order valence-electron chi connectivity index (χ1n) is 9.05. The van der Waals surface area contributed by atoms with Gasteiger partial charge >= 0.3 is 0 Å². The molecule has 4 heteroatoms. The maximum Gasteiger partial charge on any atom is 0.165 e. The predicted molar refractivity (Wildman–Crippen MR) is 99.2 cm³/mol. The van der Waals surface area contributed by atoms with E-state index in [-0.39, 0.29) is 12.0 Å². The molecule has 1 aliphatic heterocycles. The molecule has 0 radical (unpaired) electrons. The Labute approximate surface area is 149 Å². The van der Waals surface area contributed by atoms with Crippen LogP contribution in [0.3, 0.4) is 0 Å². The van der Waals surface area contributed by atoms with Gasteiger partial charge in [-0.25, -0.2) is 0 Å². The molecule has 1 aliphatic rings. The fraction of sp³-hybridized carbons (Fsp3) is 0.429. The molecule has 2 aromatic carbocycles. The van der Waals surface area contributed by atoms with Crippen LogP contribution in [0.15, 0.2) is 48.5 Å². The lowest BCUT2D eigenvalue weighted by Gasteiger charge is -2.20. The van der Waals surface area contributed by atoms with Crippen LogP contribution in [0.4, 0.5) is 0 Å². The number of ether oxygens (including phenoxy) is 2. The SMILES string of the molecule is CC(O)CC(CNCc1cccc2c1OCCCO2)c1ccccc1. The van der Waals surface area contributed by atoms with Crippen molar-refractivity contribution in [3.05, 3.63) is 59.7 Å². The van der Waals surface area contributed by atoms with Crippen LogP contribution < -0.4 is 14.8 Å². The zero-order valence-electron chi connectivity index (χ0n) is 14.8. The Balaban J connectivity index is 1.64. The first kappa shape index (κ1) is 17.8. The van der Waals surface area contributed by atoms with Crippen molar-refractivity contribution in [2.24, 2.45) is 0 Å². The average molecular weight is 341 g/mol. The topological polar surface area (TPSA) is 50.7 Å². The van der Waals surface area contributed by atoms with Gasteiger partial charge in [-0.05, 0) is 30.9 Å². The third-order valence-electron chi connectivity index (χ3n) is 4.46. The van der Waals surface area contributed by atoms with Gasteiger partial charge in [-0.15, -0.1) is 0 Å². The molecule has 0 spiro atoms. The molecule has 2 unspecified atom stereocenters. The van der Waals surface area contributed by atoms with Crippen LogP contribution in [0.25, 0.3) is 0 Å². The van der Waals surface area contributed by atoms with Gasteiger partial charge in [0.25, 0.3) is 0 Å². The molecular formula is C21H27NO3. The lowest BCUT2D eigenvalue weighted by molar-refractivity contribution is 0.173. The van der Waals surface area contributed by atoms with Gasteiger partial charge in [0, 0.05) is 25.1 Å². The highest BCUT2D eigenvalue weighted by atomic mass is 16.5. The van der Waals surface area contributed by atoms with Crippen LogP contribution in [0.1, 0.15) is 36.8 Å². The summed E-state index contributed by atoms with van der Waals surface area (Å²) in [5.74, 6) is 1.97. The first-order chi connectivity index (χ1) is 12.2. The quantitative estimate of drug-likeness (QED) is 0.809. The van der Waals surface area contributed by atoms with Gasteiger partial charge in [0.15, 0.2) is 11.5 Å². The second-order valence-electron chi connectivity index (χ2n) is 6.62. The van der Waals surface area contributed by atoms with Crippen molar-refractivity contribution in [1.29, 1.82) is 0 Å². The standard InChI is InChI=1S/C21H27NO3/c1-16(23)13-19(17-7-3-2-4-8-17)15-22-14-18-9-5-10-20-21(18)25-12-6-11-24-20/h2-5,7-10,16,19,22-23H,6,11-15H2,1H3. The second-order valence-corrected chi connectivity index (χ2v) is 6.62. The number of rotatable bonds is 7. The van der Waals surface area contributed by atoms with Crippen molar-refractivity contribution >= 4 is 0 Å². The number of para-hydroxylation sites is 1. The van der Waals surface area contributed by atoms with E-state index in [4.69, 9.17) is 9.47 Å². The van der Waals surface area contributed by atoms with E-state index in [9.17, 15) is 5.11 Å². The van der Waals surface area contributed by atoms with Gasteiger partial charge in [-0.2, -0.15) is 0 Å². The number of fused-ring (bicyclic) bond motifs is 1. The number of nitrogens with one attached hydrogen (secondary N) is 1. The molecule has 4 nitrogen and oxygen atoms in total. The third-order valence-corrected chi connectivity index (χ3v) is 4.46. The molecule has 134 valence electrons. The minimum absolute atomic E-state index is 0.278. The van der Waals surface area contributed by atoms with E-state index in [1.54, 1.807) is 0 Å². The van der Waals surface area contributed by atoms with Crippen LogP contribution >= 0.6 is 0 Å². The van der Waals surface area contributed by atoms with Crippen molar-refractivity contribution in [1.82, 2.24) is 5.32 Å². The third kappa shape index (κ3) is 4.97. The zero-order chi connectivity index (χ0) is 17.5. The first-order valence-corrected chi connectivity index (χ1v) is 9.05. The van der Waals surface area contributed by atoms with E-state index >= 15 is 0 Å². The fourth-order valence-electron chi connectivity index (χ4n) is 3.25. The van der Waals surface area contributed by atoms with E-state index in [0.717, 1.165) is 43.0 Å². The summed E-state index contributed by atoms with van der Waals surface area (Å²) in [5.41, 5.74) is 2.37. The molecule has 0 saturated carbocycles. The van der Waals surface area contributed by atoms with Crippen LogP contribution in [-0.4, -0.2) is 31.0 Å². The van der Waals surface area contributed by atoms with Crippen LogP contribution in [0.5, 0.6) is 11.5 Å². The maximum atomic E-state index is 9.83. The highest BCUT2D eigenvalue weighted by molar-refractivity contribution is 5.47. The summed E-state index contributed by atoms with van der Waals surface area (Å²) in [4.78, 5) is 0. The number of hydrogen-bond acceptors (Lipinski definition) is 4. The largest absolute Gasteiger partial charge is 0.490 e. The highest BCUT2D eigenvalue weighted by Gasteiger charge is 2.16. The normalized spacial score (nSPS) is 16.1. The Bertz CT molecular complexity index is 657. The lowest BCUT2D eigenvalue weighted by atomic mass is 9.93. The Kier molecular flexibility index (Phi) is 6.31. The van der Waals surface area contributed by atoms with E-state index < -0.39 is 0 Å². The van der Waals surface area contributed by atoms with Gasteiger partial charge in [0.1, 0.15) is 0 Å². The van der Waals surface area contributed by atoms with E-state index in [0.29, 0.717) is 13.2 Å². The predicted octanol–water partition coefficient (Wildman–Crippen LogP) is 3.49. The number of aliphatic hydroxyl groups is 1. The molecule has 25 heavy (non-hydrogen) atoms. The fourth-order valence-corrected chi connectivity index (χ4v) is 3.25. The summed E-state index contributed by atoms with van der Waals surface area (Å²) < 4.78 is 11.6. The molecule has 0 saturated heterocycles. The summed E-state index contributed by atoms with van der Waals surface area (Å²) in [7, 11) is 0. The van der Waals surface area contributed by atoms with E-state index in [1.807, 2.05) is 37.3 Å². The smallest absolute Gasteiger partial charge is 0.165 e. The second kappa shape index (κ2) is 8.88. The summed E-state index contributed by atoms with van der Waals surface area (Å²) in [6.45, 7) is 4.76. The van der Waals surface area contributed by atoms with Crippen molar-refractivity contribution in [2.75, 3.05) is 19.8 Å². The molecule has 2 N–H and O–H groups in total. The minimum Gasteiger partial charge on any atom is -0.490 e. The molecule has 3 rings (SSSR count). The molecule has 0 aromatic heterocycles. The summed E-state index contributed by atoms with van der Waals surface area (Å²) in [6.07, 6.45) is 1.33. The lowest BCUT2D eigenvalue weighted by Crippen LogP contribution is -2.24. The minimum atomic E-state index is -0.322. The number of aliphatic hydroxyl groups excluding tert-OH is 1. The van der Waals surface area contributed by atoms with Crippen molar-refractivity contribution < 1.29 is 14.6 Å². The number of benzene rings is 2. The van der Waals surface area contributed by atoms with Crippen molar-refractivity contribution in [3.8, 4) is 11.5 Å². The molecule has 0 amide bonds. The van der Waals surface area contributed by atoms with Gasteiger partial charge in [0.05, 0.1) is 19.3 Å². The maximum absolute atomic E-state index is 9.83. The Morgan fingerprint density at radius 2 is 1.84 bits per heavy atom. The van der Waals surface area contributed by atoms with E-state index in [2.05, 4.69) is 23.5 Å². The van der Waals surface area contributed by atoms with Gasteiger partial charge in [-0.1, -0.05) is 42.5 Å². The van der Waals surface area contributed by atoms with E-state index in [1.165, 1.54) is 5.56 Å². The summed E-state index contributed by atoms with van der Waals surface area (Å²) >= 11 is 0. The molecule has 0 aliphatic carbocycles. The van der Waals surface area contributed by atoms with Crippen LogP contribution in [-0.2, 0) is 6.54 Å². The summed E-state index contributed by atoms with van der Waals surface area (Å²) in [6, 6.07) is 16.4. The van der Waals surface area contributed by atoms with Crippen molar-refractivity contribution in [2.45, 2.75) is 38.3 Å². The molecule has 2 aromatic rings. The van der Waals surface area contributed by atoms with Gasteiger partial charge in [0.2, 0.25) is 0 Å². The van der Waals surface area contributed by atoms with Crippen molar-refractivity contribution in [3.63, 3.8) is 0 Å². The monoisotopic (exact) mass is 341 g/mol. The van der Waals surface area contributed by atoms with Gasteiger partial charge < -0.3 is 19.9 Å². The average Bonchev–Trinajstić information content (AvgIpc) is 2.87. The number of hydrogen-bond donors (Lipinski definition) is 2. The Morgan fingerprint density at radius 3 is 2.64 bits per heavy atom. The van der Waals surface area contributed by atoms with Crippen LogP contribution in [0.2, 0.25) is 0 Å². The Morgan fingerprint density at radius 1 is 1.04 bits per heavy atom. The zero-order valence-corrected chi connectivity index (χ0v) is 14.8. The van der Waals surface area contributed by atoms with Crippen LogP contribution in [0, 0.1) is 0 Å². The highest BCUT2D eigenvalue weighted by Crippen LogP contribution is 2.33. The molecule has 2 atom stereocenters. The molecule has 0 bridgehead atoms. The molecule has 1 heterocycles. The molecule has 0 fully saturated rings.